The van der Waals surface area contributed by atoms with Crippen LogP contribution in [0.1, 0.15) is 21.5 Å². The Kier molecular flexibility index (Phi) is 4.58. The summed E-state index contributed by atoms with van der Waals surface area (Å²) in [4.78, 5) is 44.0. The molecule has 2 aliphatic heterocycles. The number of hydrogen-bond donors (Lipinski definition) is 1. The Morgan fingerprint density at radius 1 is 1.00 bits per heavy atom. The largest absolute Gasteiger partial charge is 0.339 e. The smallest absolute Gasteiger partial charge is 0.254 e. The number of carbonyl (C=O) groups excluding carboxylic acids is 3. The van der Waals surface area contributed by atoms with Crippen LogP contribution in [0.2, 0.25) is 0 Å². The van der Waals surface area contributed by atoms with Crippen molar-refractivity contribution in [3.05, 3.63) is 59.4 Å². The van der Waals surface area contributed by atoms with Gasteiger partial charge in [-0.05, 0) is 29.3 Å². The van der Waals surface area contributed by atoms with Gasteiger partial charge in [0.15, 0.2) is 0 Å². The molecule has 0 spiro atoms. The molecule has 0 saturated carbocycles. The second-order valence-electron chi connectivity index (χ2n) is 6.80. The minimum absolute atomic E-state index is 0.0107. The quantitative estimate of drug-likeness (QED) is 0.884. The fourth-order valence-corrected chi connectivity index (χ4v) is 3.52. The second kappa shape index (κ2) is 7.19. The Morgan fingerprint density at radius 2 is 1.70 bits per heavy atom. The van der Waals surface area contributed by atoms with E-state index in [0.717, 1.165) is 16.8 Å². The predicted molar refractivity (Wildman–Crippen MR) is 99.2 cm³/mol. The molecule has 0 aliphatic carbocycles. The topological polar surface area (TPSA) is 82.6 Å². The molecule has 1 aromatic heterocycles. The lowest BCUT2D eigenvalue weighted by Gasteiger charge is -2.35. The van der Waals surface area contributed by atoms with Crippen LogP contribution in [0.15, 0.2) is 42.7 Å². The van der Waals surface area contributed by atoms with E-state index in [1.807, 2.05) is 18.2 Å². The lowest BCUT2D eigenvalue weighted by Crippen LogP contribution is -2.51. The minimum Gasteiger partial charge on any atom is -0.339 e. The highest BCUT2D eigenvalue weighted by Gasteiger charge is 2.25. The van der Waals surface area contributed by atoms with E-state index in [1.165, 1.54) is 0 Å². The first-order valence-electron chi connectivity index (χ1n) is 8.99. The van der Waals surface area contributed by atoms with Gasteiger partial charge in [-0.1, -0.05) is 12.1 Å². The van der Waals surface area contributed by atoms with E-state index >= 15 is 0 Å². The summed E-state index contributed by atoms with van der Waals surface area (Å²) < 4.78 is 0. The molecular weight excluding hydrogens is 344 g/mol. The van der Waals surface area contributed by atoms with Gasteiger partial charge in [-0.25, -0.2) is 0 Å². The molecule has 3 amide bonds. The number of amides is 3. The number of piperazine rings is 1. The zero-order valence-corrected chi connectivity index (χ0v) is 14.9. The molecule has 1 fully saturated rings. The van der Waals surface area contributed by atoms with Gasteiger partial charge in [0.05, 0.1) is 12.8 Å². The van der Waals surface area contributed by atoms with Gasteiger partial charge in [-0.15, -0.1) is 0 Å². The van der Waals surface area contributed by atoms with Crippen LogP contribution in [0.4, 0.5) is 5.69 Å². The highest BCUT2D eigenvalue weighted by atomic mass is 16.2. The SMILES string of the molecule is O=C1Cc2cc(CC(=O)N3CCN(C(=O)c4ccncc4)CC3)ccc2N1. The highest BCUT2D eigenvalue weighted by molar-refractivity contribution is 5.99. The molecule has 3 heterocycles. The van der Waals surface area contributed by atoms with Crippen LogP contribution in [-0.2, 0) is 22.4 Å². The second-order valence-corrected chi connectivity index (χ2v) is 6.80. The molecule has 0 radical (unpaired) electrons. The van der Waals surface area contributed by atoms with E-state index < -0.39 is 0 Å². The summed E-state index contributed by atoms with van der Waals surface area (Å²) in [7, 11) is 0. The molecule has 0 atom stereocenters. The molecule has 7 heteroatoms. The number of pyridine rings is 1. The van der Waals surface area contributed by atoms with Crippen LogP contribution in [0.3, 0.4) is 0 Å². The number of aromatic nitrogens is 1. The van der Waals surface area contributed by atoms with E-state index in [1.54, 1.807) is 34.3 Å². The van der Waals surface area contributed by atoms with Crippen LogP contribution >= 0.6 is 0 Å². The lowest BCUT2D eigenvalue weighted by molar-refractivity contribution is -0.131. The normalized spacial score (nSPS) is 16.1. The van der Waals surface area contributed by atoms with E-state index in [0.29, 0.717) is 44.6 Å². The first-order chi connectivity index (χ1) is 13.1. The molecule has 1 aromatic carbocycles. The van der Waals surface area contributed by atoms with E-state index in [2.05, 4.69) is 10.3 Å². The van der Waals surface area contributed by atoms with E-state index in [9.17, 15) is 14.4 Å². The Labute approximate surface area is 157 Å². The van der Waals surface area contributed by atoms with Crippen LogP contribution in [0.25, 0.3) is 0 Å². The van der Waals surface area contributed by atoms with Crippen LogP contribution in [-0.4, -0.2) is 58.7 Å². The van der Waals surface area contributed by atoms with E-state index in [4.69, 9.17) is 0 Å². The van der Waals surface area contributed by atoms with Gasteiger partial charge < -0.3 is 15.1 Å². The number of hydrogen-bond acceptors (Lipinski definition) is 4. The van der Waals surface area contributed by atoms with Crippen molar-refractivity contribution in [2.24, 2.45) is 0 Å². The summed E-state index contributed by atoms with van der Waals surface area (Å²) >= 11 is 0. The molecule has 27 heavy (non-hydrogen) atoms. The molecule has 2 aliphatic rings. The van der Waals surface area contributed by atoms with Gasteiger partial charge in [0.2, 0.25) is 11.8 Å². The summed E-state index contributed by atoms with van der Waals surface area (Å²) in [6.07, 6.45) is 3.88. The average Bonchev–Trinajstić information content (AvgIpc) is 3.07. The highest BCUT2D eigenvalue weighted by Crippen LogP contribution is 2.24. The third kappa shape index (κ3) is 3.67. The Bertz CT molecular complexity index is 889. The number of nitrogens with one attached hydrogen (secondary N) is 1. The number of carbonyl (C=O) groups is 3. The molecule has 2 aromatic rings. The van der Waals surface area contributed by atoms with Crippen LogP contribution < -0.4 is 5.32 Å². The Morgan fingerprint density at radius 3 is 2.44 bits per heavy atom. The lowest BCUT2D eigenvalue weighted by atomic mass is 10.1. The first kappa shape index (κ1) is 17.2. The summed E-state index contributed by atoms with van der Waals surface area (Å²) in [5.41, 5.74) is 3.30. The van der Waals surface area contributed by atoms with Gasteiger partial charge in [-0.2, -0.15) is 0 Å². The Hall–Kier alpha value is -3.22. The van der Waals surface area contributed by atoms with Crippen molar-refractivity contribution < 1.29 is 14.4 Å². The number of fused-ring (bicyclic) bond motifs is 1. The van der Waals surface area contributed by atoms with Crippen molar-refractivity contribution in [2.45, 2.75) is 12.8 Å². The van der Waals surface area contributed by atoms with Crippen LogP contribution in [0.5, 0.6) is 0 Å². The van der Waals surface area contributed by atoms with Crippen molar-refractivity contribution in [1.82, 2.24) is 14.8 Å². The first-order valence-corrected chi connectivity index (χ1v) is 8.99. The van der Waals surface area contributed by atoms with Crippen molar-refractivity contribution in [2.75, 3.05) is 31.5 Å². The predicted octanol–water partition coefficient (Wildman–Crippen LogP) is 1.10. The summed E-state index contributed by atoms with van der Waals surface area (Å²) in [5.74, 6) is 0.00648. The fraction of sp³-hybridized carbons (Fsp3) is 0.300. The zero-order chi connectivity index (χ0) is 18.8. The standard InChI is InChI=1S/C20H20N4O3/c25-18-13-16-11-14(1-2-17(16)22-18)12-19(26)23-7-9-24(10-8-23)20(27)15-3-5-21-6-4-15/h1-6,11H,7-10,12-13H2,(H,22,25). The fourth-order valence-electron chi connectivity index (χ4n) is 3.52. The third-order valence-electron chi connectivity index (χ3n) is 5.00. The third-order valence-corrected chi connectivity index (χ3v) is 5.00. The van der Waals surface area contributed by atoms with Gasteiger partial charge >= 0.3 is 0 Å². The number of anilines is 1. The van der Waals surface area contributed by atoms with Gasteiger partial charge in [-0.3, -0.25) is 19.4 Å². The van der Waals surface area contributed by atoms with Gasteiger partial charge in [0.25, 0.3) is 5.91 Å². The van der Waals surface area contributed by atoms with Crippen molar-refractivity contribution >= 4 is 23.4 Å². The molecular formula is C20H20N4O3. The Balaban J connectivity index is 1.33. The zero-order valence-electron chi connectivity index (χ0n) is 14.9. The molecule has 1 N–H and O–H groups in total. The molecule has 0 unspecified atom stereocenters. The monoisotopic (exact) mass is 364 g/mol. The average molecular weight is 364 g/mol. The minimum atomic E-state index is -0.0275. The van der Waals surface area contributed by atoms with Crippen LogP contribution in [0, 0.1) is 0 Å². The summed E-state index contributed by atoms with van der Waals surface area (Å²) in [6.45, 7) is 2.10. The summed E-state index contributed by atoms with van der Waals surface area (Å²) in [5, 5.41) is 2.79. The number of nitrogens with zero attached hydrogens (tertiary/aromatic N) is 3. The number of rotatable bonds is 3. The van der Waals surface area contributed by atoms with Gasteiger partial charge in [0.1, 0.15) is 0 Å². The molecule has 1 saturated heterocycles. The van der Waals surface area contributed by atoms with Crippen molar-refractivity contribution in [1.29, 1.82) is 0 Å². The molecule has 138 valence electrons. The molecule has 0 bridgehead atoms. The maximum Gasteiger partial charge on any atom is 0.254 e. The number of benzene rings is 1. The van der Waals surface area contributed by atoms with Gasteiger partial charge in [0, 0.05) is 49.8 Å². The maximum atomic E-state index is 12.6. The van der Waals surface area contributed by atoms with Crippen molar-refractivity contribution in [3.8, 4) is 0 Å². The molecule has 7 nitrogen and oxygen atoms in total. The van der Waals surface area contributed by atoms with E-state index in [-0.39, 0.29) is 17.7 Å². The maximum absolute atomic E-state index is 12.6. The van der Waals surface area contributed by atoms with Crippen molar-refractivity contribution in [3.63, 3.8) is 0 Å². The summed E-state index contributed by atoms with van der Waals surface area (Å²) in [6, 6.07) is 9.06. The molecule has 4 rings (SSSR count).